The lowest BCUT2D eigenvalue weighted by Crippen LogP contribution is -2.42. The Bertz CT molecular complexity index is 419. The van der Waals surface area contributed by atoms with Crippen LogP contribution in [0, 0.1) is 5.92 Å². The van der Waals surface area contributed by atoms with Crippen molar-refractivity contribution in [2.45, 2.75) is 45.8 Å². The first-order chi connectivity index (χ1) is 8.50. The van der Waals surface area contributed by atoms with Crippen LogP contribution in [0.5, 0.6) is 0 Å². The third kappa shape index (κ3) is 2.72. The number of aliphatic hydroxyl groups excluding tert-OH is 1. The van der Waals surface area contributed by atoms with Gasteiger partial charge in [-0.1, -0.05) is 28.9 Å². The highest BCUT2D eigenvalue weighted by Gasteiger charge is 2.25. The molecule has 0 spiro atoms. The Labute approximate surface area is 118 Å². The third-order valence-electron chi connectivity index (χ3n) is 4.14. The summed E-state index contributed by atoms with van der Waals surface area (Å²) in [6.07, 6.45) is 2.16. The molecule has 18 heavy (non-hydrogen) atoms. The standard InChI is InChI=1S/C15H22BrNO/c1-10-5-4-8-17(11(10)2)13-6-7-14(12(3)18)15(16)9-13/h6-7,9-12,18H,4-5,8H2,1-3H3/t10?,11?,12-/m0/s1. The Morgan fingerprint density at radius 2 is 2.11 bits per heavy atom. The minimum Gasteiger partial charge on any atom is -0.389 e. The summed E-state index contributed by atoms with van der Waals surface area (Å²) in [6, 6.07) is 6.87. The van der Waals surface area contributed by atoms with Gasteiger partial charge in [0.15, 0.2) is 0 Å². The normalized spacial score (nSPS) is 26.2. The molecule has 1 saturated heterocycles. The predicted octanol–water partition coefficient (Wildman–Crippen LogP) is 4.13. The molecule has 2 unspecified atom stereocenters. The third-order valence-corrected chi connectivity index (χ3v) is 4.83. The highest BCUT2D eigenvalue weighted by Crippen LogP contribution is 2.32. The summed E-state index contributed by atoms with van der Waals surface area (Å²) in [5.41, 5.74) is 2.21. The molecule has 1 aliphatic rings. The van der Waals surface area contributed by atoms with Crippen molar-refractivity contribution < 1.29 is 5.11 Å². The molecule has 0 bridgehead atoms. The van der Waals surface area contributed by atoms with Gasteiger partial charge in [0.25, 0.3) is 0 Å². The first-order valence-corrected chi connectivity index (χ1v) is 7.54. The molecule has 1 aliphatic heterocycles. The van der Waals surface area contributed by atoms with Gasteiger partial charge in [-0.15, -0.1) is 0 Å². The van der Waals surface area contributed by atoms with Gasteiger partial charge in [0, 0.05) is 22.7 Å². The van der Waals surface area contributed by atoms with E-state index in [0.29, 0.717) is 6.04 Å². The summed E-state index contributed by atoms with van der Waals surface area (Å²) in [5.74, 6) is 0.744. The topological polar surface area (TPSA) is 23.5 Å². The van der Waals surface area contributed by atoms with Gasteiger partial charge in [-0.2, -0.15) is 0 Å². The van der Waals surface area contributed by atoms with Crippen molar-refractivity contribution in [3.05, 3.63) is 28.2 Å². The van der Waals surface area contributed by atoms with E-state index < -0.39 is 6.10 Å². The van der Waals surface area contributed by atoms with Crippen LogP contribution in [0.3, 0.4) is 0 Å². The van der Waals surface area contributed by atoms with Gasteiger partial charge in [-0.3, -0.25) is 0 Å². The number of aliphatic hydroxyl groups is 1. The quantitative estimate of drug-likeness (QED) is 0.887. The number of piperidine rings is 1. The molecule has 0 radical (unpaired) electrons. The molecule has 1 heterocycles. The van der Waals surface area contributed by atoms with Crippen LogP contribution >= 0.6 is 15.9 Å². The van der Waals surface area contributed by atoms with Crippen molar-refractivity contribution >= 4 is 21.6 Å². The molecule has 1 N–H and O–H groups in total. The summed E-state index contributed by atoms with van der Waals surface area (Å²) < 4.78 is 1.00. The SMILES string of the molecule is CC1CCCN(c2ccc([C@H](C)O)c(Br)c2)C1C. The lowest BCUT2D eigenvalue weighted by molar-refractivity contribution is 0.198. The summed E-state index contributed by atoms with van der Waals surface area (Å²) in [7, 11) is 0. The molecule has 1 fully saturated rings. The summed E-state index contributed by atoms with van der Waals surface area (Å²) in [5, 5.41) is 9.66. The van der Waals surface area contributed by atoms with E-state index in [1.54, 1.807) is 6.92 Å². The number of anilines is 1. The van der Waals surface area contributed by atoms with Gasteiger partial charge in [-0.05, 0) is 50.3 Å². The van der Waals surface area contributed by atoms with Gasteiger partial charge in [-0.25, -0.2) is 0 Å². The fraction of sp³-hybridized carbons (Fsp3) is 0.600. The summed E-state index contributed by atoms with van der Waals surface area (Å²) in [4.78, 5) is 2.48. The molecule has 1 aromatic rings. The molecule has 0 amide bonds. The Kier molecular flexibility index (Phi) is 4.33. The van der Waals surface area contributed by atoms with E-state index in [1.807, 2.05) is 6.07 Å². The first-order valence-electron chi connectivity index (χ1n) is 6.75. The average Bonchev–Trinajstić information content (AvgIpc) is 2.32. The van der Waals surface area contributed by atoms with Crippen molar-refractivity contribution in [2.75, 3.05) is 11.4 Å². The highest BCUT2D eigenvalue weighted by atomic mass is 79.9. The first kappa shape index (κ1) is 13.9. The lowest BCUT2D eigenvalue weighted by atomic mass is 9.91. The van der Waals surface area contributed by atoms with E-state index in [9.17, 15) is 5.11 Å². The molecule has 0 saturated carbocycles. The van der Waals surface area contributed by atoms with Crippen LogP contribution in [0.15, 0.2) is 22.7 Å². The Hall–Kier alpha value is -0.540. The Balaban J connectivity index is 2.26. The van der Waals surface area contributed by atoms with E-state index in [0.717, 1.165) is 22.5 Å². The van der Waals surface area contributed by atoms with Gasteiger partial charge in [0.05, 0.1) is 6.10 Å². The monoisotopic (exact) mass is 311 g/mol. The minimum atomic E-state index is -0.425. The van der Waals surface area contributed by atoms with Crippen molar-refractivity contribution in [1.29, 1.82) is 0 Å². The molecule has 0 aromatic heterocycles. The van der Waals surface area contributed by atoms with E-state index in [1.165, 1.54) is 18.5 Å². The Morgan fingerprint density at radius 3 is 2.72 bits per heavy atom. The average molecular weight is 312 g/mol. The number of hydrogen-bond donors (Lipinski definition) is 1. The van der Waals surface area contributed by atoms with Crippen molar-refractivity contribution in [3.8, 4) is 0 Å². The van der Waals surface area contributed by atoms with Gasteiger partial charge < -0.3 is 10.0 Å². The molecule has 2 rings (SSSR count). The summed E-state index contributed by atoms with van der Waals surface area (Å²) in [6.45, 7) is 7.56. The smallest absolute Gasteiger partial charge is 0.0772 e. The second kappa shape index (κ2) is 5.62. The van der Waals surface area contributed by atoms with Crippen LogP contribution in [0.25, 0.3) is 0 Å². The number of nitrogens with zero attached hydrogens (tertiary/aromatic N) is 1. The van der Waals surface area contributed by atoms with E-state index >= 15 is 0 Å². The molecular formula is C15H22BrNO. The molecule has 3 atom stereocenters. The highest BCUT2D eigenvalue weighted by molar-refractivity contribution is 9.10. The molecular weight excluding hydrogens is 290 g/mol. The number of benzene rings is 1. The number of hydrogen-bond acceptors (Lipinski definition) is 2. The van der Waals surface area contributed by atoms with E-state index in [2.05, 4.69) is 46.8 Å². The second-order valence-corrected chi connectivity index (χ2v) is 6.29. The fourth-order valence-electron chi connectivity index (χ4n) is 2.73. The van der Waals surface area contributed by atoms with E-state index in [4.69, 9.17) is 0 Å². The maximum atomic E-state index is 9.66. The van der Waals surface area contributed by atoms with Crippen LogP contribution in [0.4, 0.5) is 5.69 Å². The summed E-state index contributed by atoms with van der Waals surface area (Å²) >= 11 is 3.56. The molecule has 2 nitrogen and oxygen atoms in total. The molecule has 0 aliphatic carbocycles. The maximum absolute atomic E-state index is 9.66. The number of rotatable bonds is 2. The maximum Gasteiger partial charge on any atom is 0.0772 e. The predicted molar refractivity (Wildman–Crippen MR) is 80.0 cm³/mol. The zero-order valence-corrected chi connectivity index (χ0v) is 12.9. The fourth-order valence-corrected chi connectivity index (χ4v) is 3.43. The number of halogens is 1. The van der Waals surface area contributed by atoms with Crippen LogP contribution in [-0.2, 0) is 0 Å². The zero-order chi connectivity index (χ0) is 13.3. The lowest BCUT2D eigenvalue weighted by Gasteiger charge is -2.39. The molecule has 100 valence electrons. The van der Waals surface area contributed by atoms with Crippen LogP contribution < -0.4 is 4.90 Å². The van der Waals surface area contributed by atoms with Gasteiger partial charge in [0.1, 0.15) is 0 Å². The van der Waals surface area contributed by atoms with Crippen LogP contribution in [0.1, 0.15) is 45.3 Å². The largest absolute Gasteiger partial charge is 0.389 e. The minimum absolute atomic E-state index is 0.425. The van der Waals surface area contributed by atoms with Gasteiger partial charge in [0.2, 0.25) is 0 Å². The van der Waals surface area contributed by atoms with Crippen molar-refractivity contribution in [1.82, 2.24) is 0 Å². The second-order valence-electron chi connectivity index (χ2n) is 5.44. The molecule has 3 heteroatoms. The van der Waals surface area contributed by atoms with Crippen molar-refractivity contribution in [3.63, 3.8) is 0 Å². The van der Waals surface area contributed by atoms with Crippen LogP contribution in [0.2, 0.25) is 0 Å². The Morgan fingerprint density at radius 1 is 1.39 bits per heavy atom. The van der Waals surface area contributed by atoms with E-state index in [-0.39, 0.29) is 0 Å². The van der Waals surface area contributed by atoms with Crippen LogP contribution in [-0.4, -0.2) is 17.7 Å². The molecule has 1 aromatic carbocycles. The zero-order valence-electron chi connectivity index (χ0n) is 11.4. The van der Waals surface area contributed by atoms with Gasteiger partial charge >= 0.3 is 0 Å². The van der Waals surface area contributed by atoms with Crippen molar-refractivity contribution in [2.24, 2.45) is 5.92 Å².